The summed E-state index contributed by atoms with van der Waals surface area (Å²) in [5.41, 5.74) is 1.48. The van der Waals surface area contributed by atoms with E-state index in [-0.39, 0.29) is 0 Å². The number of rotatable bonds is 6. The van der Waals surface area contributed by atoms with Crippen molar-refractivity contribution in [1.82, 2.24) is 9.88 Å². The SMILES string of the molecule is CCCNC(c1ccn(CC)c1)C1CC1. The maximum atomic E-state index is 3.67. The Morgan fingerprint density at radius 1 is 1.47 bits per heavy atom. The first-order valence-electron chi connectivity index (χ1n) is 6.24. The molecule has 0 bridgehead atoms. The molecule has 1 aliphatic carbocycles. The zero-order chi connectivity index (χ0) is 10.7. The normalized spacial score (nSPS) is 18.0. The van der Waals surface area contributed by atoms with Gasteiger partial charge in [0.25, 0.3) is 0 Å². The van der Waals surface area contributed by atoms with Crippen molar-refractivity contribution in [3.63, 3.8) is 0 Å². The molecule has 1 aromatic heterocycles. The van der Waals surface area contributed by atoms with Gasteiger partial charge in [-0.1, -0.05) is 6.92 Å². The molecule has 0 radical (unpaired) electrons. The van der Waals surface area contributed by atoms with Crippen LogP contribution in [0.15, 0.2) is 18.5 Å². The van der Waals surface area contributed by atoms with E-state index in [4.69, 9.17) is 0 Å². The Labute approximate surface area is 92.7 Å². The molecule has 0 aliphatic heterocycles. The molecule has 2 nitrogen and oxygen atoms in total. The molecular formula is C13H22N2. The molecule has 2 rings (SSSR count). The van der Waals surface area contributed by atoms with Crippen LogP contribution in [-0.4, -0.2) is 11.1 Å². The van der Waals surface area contributed by atoms with Crippen molar-refractivity contribution in [1.29, 1.82) is 0 Å². The maximum Gasteiger partial charge on any atom is 0.0363 e. The van der Waals surface area contributed by atoms with Crippen LogP contribution in [0.5, 0.6) is 0 Å². The molecule has 1 fully saturated rings. The summed E-state index contributed by atoms with van der Waals surface area (Å²) >= 11 is 0. The van der Waals surface area contributed by atoms with E-state index in [2.05, 4.69) is 42.2 Å². The second kappa shape index (κ2) is 4.84. The molecule has 1 aromatic rings. The zero-order valence-electron chi connectivity index (χ0n) is 9.87. The first kappa shape index (κ1) is 10.7. The highest BCUT2D eigenvalue weighted by atomic mass is 15.0. The lowest BCUT2D eigenvalue weighted by molar-refractivity contribution is 0.480. The van der Waals surface area contributed by atoms with Crippen molar-refractivity contribution in [2.75, 3.05) is 6.54 Å². The average molecular weight is 206 g/mol. The minimum atomic E-state index is 0.609. The van der Waals surface area contributed by atoms with Crippen LogP contribution in [0.1, 0.15) is 44.7 Å². The van der Waals surface area contributed by atoms with Crippen molar-refractivity contribution in [3.05, 3.63) is 24.0 Å². The highest BCUT2D eigenvalue weighted by Gasteiger charge is 2.32. The van der Waals surface area contributed by atoms with Crippen LogP contribution >= 0.6 is 0 Å². The standard InChI is InChI=1S/C13H22N2/c1-3-8-14-13(11-5-6-11)12-7-9-15(4-2)10-12/h7,9-11,13-14H,3-6,8H2,1-2H3. The Hall–Kier alpha value is -0.760. The molecular weight excluding hydrogens is 184 g/mol. The number of nitrogens with zero attached hydrogens (tertiary/aromatic N) is 1. The van der Waals surface area contributed by atoms with Gasteiger partial charge in [0.15, 0.2) is 0 Å². The minimum absolute atomic E-state index is 0.609. The lowest BCUT2D eigenvalue weighted by Gasteiger charge is -2.16. The number of aromatic nitrogens is 1. The quantitative estimate of drug-likeness (QED) is 0.757. The van der Waals surface area contributed by atoms with E-state index in [1.165, 1.54) is 24.8 Å². The second-order valence-corrected chi connectivity index (χ2v) is 4.54. The van der Waals surface area contributed by atoms with Gasteiger partial charge >= 0.3 is 0 Å². The second-order valence-electron chi connectivity index (χ2n) is 4.54. The Balaban J connectivity index is 2.02. The first-order chi connectivity index (χ1) is 7.35. The van der Waals surface area contributed by atoms with E-state index >= 15 is 0 Å². The summed E-state index contributed by atoms with van der Waals surface area (Å²) in [5, 5.41) is 3.67. The lowest BCUT2D eigenvalue weighted by Crippen LogP contribution is -2.23. The fraction of sp³-hybridized carbons (Fsp3) is 0.692. The number of nitrogens with one attached hydrogen (secondary N) is 1. The fourth-order valence-corrected chi connectivity index (χ4v) is 2.13. The highest BCUT2D eigenvalue weighted by molar-refractivity contribution is 5.18. The molecule has 1 heterocycles. The largest absolute Gasteiger partial charge is 0.354 e. The van der Waals surface area contributed by atoms with E-state index in [9.17, 15) is 0 Å². The summed E-state index contributed by atoms with van der Waals surface area (Å²) in [5.74, 6) is 0.893. The van der Waals surface area contributed by atoms with Gasteiger partial charge in [-0.15, -0.1) is 0 Å². The van der Waals surface area contributed by atoms with Crippen LogP contribution in [-0.2, 0) is 6.54 Å². The third kappa shape index (κ3) is 2.63. The molecule has 1 N–H and O–H groups in total. The Morgan fingerprint density at radius 2 is 2.27 bits per heavy atom. The van der Waals surface area contributed by atoms with Gasteiger partial charge in [0, 0.05) is 25.0 Å². The molecule has 0 amide bonds. The van der Waals surface area contributed by atoms with Crippen molar-refractivity contribution in [2.24, 2.45) is 5.92 Å². The Kier molecular flexibility index (Phi) is 3.47. The van der Waals surface area contributed by atoms with E-state index < -0.39 is 0 Å². The lowest BCUT2D eigenvalue weighted by atomic mass is 10.1. The molecule has 0 saturated heterocycles. The predicted molar refractivity (Wildman–Crippen MR) is 63.9 cm³/mol. The van der Waals surface area contributed by atoms with E-state index in [1.807, 2.05) is 0 Å². The Morgan fingerprint density at radius 3 is 2.80 bits per heavy atom. The van der Waals surface area contributed by atoms with Crippen molar-refractivity contribution in [2.45, 2.75) is 45.7 Å². The molecule has 0 spiro atoms. The van der Waals surface area contributed by atoms with Gasteiger partial charge in [-0.2, -0.15) is 0 Å². The number of hydrogen-bond donors (Lipinski definition) is 1. The van der Waals surface area contributed by atoms with Gasteiger partial charge in [0.05, 0.1) is 0 Å². The molecule has 1 atom stereocenters. The first-order valence-corrected chi connectivity index (χ1v) is 6.24. The van der Waals surface area contributed by atoms with Crippen LogP contribution in [0.4, 0.5) is 0 Å². The molecule has 84 valence electrons. The molecule has 1 saturated carbocycles. The molecule has 0 aromatic carbocycles. The topological polar surface area (TPSA) is 17.0 Å². The summed E-state index contributed by atoms with van der Waals surface area (Å²) in [7, 11) is 0. The molecule has 1 aliphatic rings. The fourth-order valence-electron chi connectivity index (χ4n) is 2.13. The number of aryl methyl sites for hydroxylation is 1. The summed E-state index contributed by atoms with van der Waals surface area (Å²) < 4.78 is 2.26. The van der Waals surface area contributed by atoms with Crippen LogP contribution in [0.25, 0.3) is 0 Å². The molecule has 15 heavy (non-hydrogen) atoms. The van der Waals surface area contributed by atoms with Crippen LogP contribution in [0, 0.1) is 5.92 Å². The van der Waals surface area contributed by atoms with Gasteiger partial charge in [-0.05, 0) is 50.3 Å². The molecule has 1 unspecified atom stereocenters. The van der Waals surface area contributed by atoms with Crippen LogP contribution in [0.3, 0.4) is 0 Å². The summed E-state index contributed by atoms with van der Waals surface area (Å²) in [6, 6.07) is 2.88. The maximum absolute atomic E-state index is 3.67. The van der Waals surface area contributed by atoms with Crippen LogP contribution < -0.4 is 5.32 Å². The summed E-state index contributed by atoms with van der Waals surface area (Å²) in [6.07, 6.45) is 8.51. The van der Waals surface area contributed by atoms with E-state index in [0.717, 1.165) is 19.0 Å². The predicted octanol–water partition coefficient (Wildman–Crippen LogP) is 2.96. The zero-order valence-corrected chi connectivity index (χ0v) is 9.87. The average Bonchev–Trinajstić information content (AvgIpc) is 2.97. The molecule has 2 heteroatoms. The van der Waals surface area contributed by atoms with Crippen molar-refractivity contribution < 1.29 is 0 Å². The summed E-state index contributed by atoms with van der Waals surface area (Å²) in [6.45, 7) is 6.63. The van der Waals surface area contributed by atoms with Gasteiger partial charge < -0.3 is 9.88 Å². The third-order valence-corrected chi connectivity index (χ3v) is 3.21. The van der Waals surface area contributed by atoms with E-state index in [0.29, 0.717) is 6.04 Å². The Bertz CT molecular complexity index is 299. The van der Waals surface area contributed by atoms with Gasteiger partial charge in [-0.3, -0.25) is 0 Å². The van der Waals surface area contributed by atoms with Crippen molar-refractivity contribution >= 4 is 0 Å². The van der Waals surface area contributed by atoms with Gasteiger partial charge in [0.1, 0.15) is 0 Å². The van der Waals surface area contributed by atoms with Gasteiger partial charge in [-0.25, -0.2) is 0 Å². The summed E-state index contributed by atoms with van der Waals surface area (Å²) in [4.78, 5) is 0. The van der Waals surface area contributed by atoms with Gasteiger partial charge in [0.2, 0.25) is 0 Å². The van der Waals surface area contributed by atoms with E-state index in [1.54, 1.807) is 0 Å². The monoisotopic (exact) mass is 206 g/mol. The number of hydrogen-bond acceptors (Lipinski definition) is 1. The van der Waals surface area contributed by atoms with Crippen LogP contribution in [0.2, 0.25) is 0 Å². The third-order valence-electron chi connectivity index (χ3n) is 3.21. The highest BCUT2D eigenvalue weighted by Crippen LogP contribution is 2.41. The smallest absolute Gasteiger partial charge is 0.0363 e. The van der Waals surface area contributed by atoms with Crippen molar-refractivity contribution in [3.8, 4) is 0 Å². The minimum Gasteiger partial charge on any atom is -0.354 e.